The Labute approximate surface area is 185 Å². The second kappa shape index (κ2) is 9.54. The topological polar surface area (TPSA) is 56.1 Å². The van der Waals surface area contributed by atoms with Crippen molar-refractivity contribution in [2.45, 2.75) is 66.5 Å². The highest BCUT2D eigenvalue weighted by Crippen LogP contribution is 2.23. The van der Waals surface area contributed by atoms with Gasteiger partial charge in [0.15, 0.2) is 0 Å². The lowest BCUT2D eigenvalue weighted by Crippen LogP contribution is -2.37. The number of nitrogens with zero attached hydrogens (tertiary/aromatic N) is 2. The van der Waals surface area contributed by atoms with Crippen LogP contribution in [0, 0.1) is 5.41 Å². The third-order valence-electron chi connectivity index (χ3n) is 5.44. The highest BCUT2D eigenvalue weighted by Gasteiger charge is 2.25. The molecular weight excluding hydrogens is 386 g/mol. The van der Waals surface area contributed by atoms with E-state index >= 15 is 0 Å². The summed E-state index contributed by atoms with van der Waals surface area (Å²) in [6, 6.07) is 16.3. The number of amides is 1. The van der Waals surface area contributed by atoms with Crippen LogP contribution in [0.5, 0.6) is 5.75 Å². The van der Waals surface area contributed by atoms with Gasteiger partial charge < -0.3 is 14.6 Å². The number of carbonyl (C=O) groups is 1. The zero-order valence-electron chi connectivity index (χ0n) is 19.6. The third kappa shape index (κ3) is 5.66. The molecule has 0 spiro atoms. The van der Waals surface area contributed by atoms with Crippen LogP contribution in [0.25, 0.3) is 11.0 Å². The number of fused-ring (bicyclic) bond motifs is 1. The van der Waals surface area contributed by atoms with Crippen molar-refractivity contribution < 1.29 is 9.53 Å². The van der Waals surface area contributed by atoms with Gasteiger partial charge in [0.05, 0.1) is 23.7 Å². The van der Waals surface area contributed by atoms with E-state index in [0.29, 0.717) is 12.5 Å². The average Bonchev–Trinajstić information content (AvgIpc) is 3.09. The van der Waals surface area contributed by atoms with Crippen LogP contribution in [0.3, 0.4) is 0 Å². The second-order valence-corrected chi connectivity index (χ2v) is 9.48. The van der Waals surface area contributed by atoms with Crippen molar-refractivity contribution in [3.63, 3.8) is 0 Å². The Morgan fingerprint density at radius 3 is 2.39 bits per heavy atom. The van der Waals surface area contributed by atoms with Gasteiger partial charge in [0.25, 0.3) is 0 Å². The molecule has 0 aliphatic heterocycles. The largest absolute Gasteiger partial charge is 0.494 e. The minimum atomic E-state index is -0.440. The number of aryl methyl sites for hydroxylation is 1. The molecule has 2 aromatic carbocycles. The molecule has 0 aliphatic rings. The van der Waals surface area contributed by atoms with Crippen LogP contribution in [0.15, 0.2) is 48.5 Å². The zero-order chi connectivity index (χ0) is 22.6. The molecule has 1 aromatic heterocycles. The molecule has 1 unspecified atom stereocenters. The van der Waals surface area contributed by atoms with Crippen LogP contribution >= 0.6 is 0 Å². The predicted molar refractivity (Wildman–Crippen MR) is 126 cm³/mol. The van der Waals surface area contributed by atoms with E-state index in [2.05, 4.69) is 41.9 Å². The van der Waals surface area contributed by atoms with Crippen molar-refractivity contribution in [1.82, 2.24) is 14.9 Å². The van der Waals surface area contributed by atoms with E-state index in [4.69, 9.17) is 9.72 Å². The van der Waals surface area contributed by atoms with Crippen molar-refractivity contribution in [2.75, 3.05) is 6.61 Å². The van der Waals surface area contributed by atoms with Gasteiger partial charge in [0, 0.05) is 12.0 Å². The number of ether oxygens (including phenoxy) is 1. The smallest absolute Gasteiger partial charge is 0.225 e. The molecular formula is C26H35N3O2. The molecule has 166 valence electrons. The number of benzene rings is 2. The van der Waals surface area contributed by atoms with Gasteiger partial charge in [-0.15, -0.1) is 0 Å². The Bertz CT molecular complexity index is 1010. The van der Waals surface area contributed by atoms with Gasteiger partial charge in [-0.1, -0.05) is 58.9 Å². The SMILES string of the molecule is CC(C)c1ccc(OCCCn2c(C(C)NC(=O)C(C)(C)C)nc3ccccc32)cc1. The van der Waals surface area contributed by atoms with Crippen LogP contribution in [0.4, 0.5) is 0 Å². The van der Waals surface area contributed by atoms with Gasteiger partial charge in [-0.2, -0.15) is 0 Å². The highest BCUT2D eigenvalue weighted by atomic mass is 16.5. The van der Waals surface area contributed by atoms with Gasteiger partial charge in [0.1, 0.15) is 11.6 Å². The molecule has 1 heterocycles. The standard InChI is InChI=1S/C26H35N3O2/c1-18(2)20-12-14-21(15-13-20)31-17-9-16-29-23-11-8-7-10-22(23)28-24(29)19(3)27-25(30)26(4,5)6/h7-8,10-15,18-19H,9,16-17H2,1-6H3,(H,27,30). The highest BCUT2D eigenvalue weighted by molar-refractivity contribution is 5.82. The van der Waals surface area contributed by atoms with Gasteiger partial charge in [0.2, 0.25) is 5.91 Å². The van der Waals surface area contributed by atoms with Gasteiger partial charge in [-0.3, -0.25) is 4.79 Å². The van der Waals surface area contributed by atoms with E-state index in [1.165, 1.54) is 5.56 Å². The summed E-state index contributed by atoms with van der Waals surface area (Å²) >= 11 is 0. The quantitative estimate of drug-likeness (QED) is 0.464. The van der Waals surface area contributed by atoms with E-state index in [1.54, 1.807) is 0 Å². The Hall–Kier alpha value is -2.82. The van der Waals surface area contributed by atoms with Gasteiger partial charge in [-0.25, -0.2) is 4.98 Å². The summed E-state index contributed by atoms with van der Waals surface area (Å²) in [6.45, 7) is 13.5. The van der Waals surface area contributed by atoms with E-state index in [9.17, 15) is 4.79 Å². The maximum Gasteiger partial charge on any atom is 0.225 e. The molecule has 0 fully saturated rings. The zero-order valence-corrected chi connectivity index (χ0v) is 19.6. The summed E-state index contributed by atoms with van der Waals surface area (Å²) < 4.78 is 8.16. The Morgan fingerprint density at radius 2 is 1.74 bits per heavy atom. The van der Waals surface area contributed by atoms with Crippen molar-refractivity contribution in [2.24, 2.45) is 5.41 Å². The molecule has 0 aliphatic carbocycles. The minimum Gasteiger partial charge on any atom is -0.494 e. The summed E-state index contributed by atoms with van der Waals surface area (Å²) in [4.78, 5) is 17.3. The molecule has 1 amide bonds. The van der Waals surface area contributed by atoms with Crippen LogP contribution in [0.1, 0.15) is 71.3 Å². The van der Waals surface area contributed by atoms with E-state index in [1.807, 2.05) is 58.0 Å². The summed E-state index contributed by atoms with van der Waals surface area (Å²) in [5, 5.41) is 3.11. The van der Waals surface area contributed by atoms with Crippen LogP contribution < -0.4 is 10.1 Å². The van der Waals surface area contributed by atoms with Crippen LogP contribution in [-0.2, 0) is 11.3 Å². The number of carbonyl (C=O) groups excluding carboxylic acids is 1. The maximum atomic E-state index is 12.5. The molecule has 31 heavy (non-hydrogen) atoms. The molecule has 0 bridgehead atoms. The molecule has 1 atom stereocenters. The Balaban J connectivity index is 1.69. The molecule has 0 saturated carbocycles. The number of para-hydroxylation sites is 2. The predicted octanol–water partition coefficient (Wildman–Crippen LogP) is 5.85. The third-order valence-corrected chi connectivity index (χ3v) is 5.44. The summed E-state index contributed by atoms with van der Waals surface area (Å²) in [6.07, 6.45) is 0.846. The molecule has 3 rings (SSSR count). The summed E-state index contributed by atoms with van der Waals surface area (Å²) in [5.74, 6) is 2.31. The number of aromatic nitrogens is 2. The van der Waals surface area contributed by atoms with Crippen LogP contribution in [-0.4, -0.2) is 22.1 Å². The lowest BCUT2D eigenvalue weighted by molar-refractivity contribution is -0.129. The molecule has 0 radical (unpaired) electrons. The first-order valence-electron chi connectivity index (χ1n) is 11.2. The number of hydrogen-bond donors (Lipinski definition) is 1. The molecule has 1 N–H and O–H groups in total. The fourth-order valence-corrected chi connectivity index (χ4v) is 3.50. The average molecular weight is 422 g/mol. The monoisotopic (exact) mass is 421 g/mol. The van der Waals surface area contributed by atoms with Crippen molar-refractivity contribution >= 4 is 16.9 Å². The number of hydrogen-bond acceptors (Lipinski definition) is 3. The maximum absolute atomic E-state index is 12.5. The molecule has 5 nitrogen and oxygen atoms in total. The first-order chi connectivity index (χ1) is 14.7. The molecule has 3 aromatic rings. The van der Waals surface area contributed by atoms with Crippen molar-refractivity contribution in [1.29, 1.82) is 0 Å². The first kappa shape index (κ1) is 22.9. The first-order valence-corrected chi connectivity index (χ1v) is 11.2. The Morgan fingerprint density at radius 1 is 1.06 bits per heavy atom. The lowest BCUT2D eigenvalue weighted by atomic mass is 9.95. The van der Waals surface area contributed by atoms with E-state index < -0.39 is 5.41 Å². The summed E-state index contributed by atoms with van der Waals surface area (Å²) in [5.41, 5.74) is 2.90. The van der Waals surface area contributed by atoms with E-state index in [0.717, 1.165) is 35.6 Å². The molecule has 0 saturated heterocycles. The van der Waals surface area contributed by atoms with Crippen molar-refractivity contribution in [3.05, 3.63) is 59.9 Å². The fraction of sp³-hybridized carbons (Fsp3) is 0.462. The second-order valence-electron chi connectivity index (χ2n) is 9.48. The number of nitrogens with one attached hydrogen (secondary N) is 1. The fourth-order valence-electron chi connectivity index (χ4n) is 3.50. The van der Waals surface area contributed by atoms with Gasteiger partial charge >= 0.3 is 0 Å². The number of rotatable bonds is 8. The van der Waals surface area contributed by atoms with Gasteiger partial charge in [-0.05, 0) is 49.1 Å². The molecule has 5 heteroatoms. The van der Waals surface area contributed by atoms with Crippen molar-refractivity contribution in [3.8, 4) is 5.75 Å². The Kier molecular flexibility index (Phi) is 7.04. The summed E-state index contributed by atoms with van der Waals surface area (Å²) in [7, 11) is 0. The lowest BCUT2D eigenvalue weighted by Gasteiger charge is -2.22. The van der Waals surface area contributed by atoms with Crippen LogP contribution in [0.2, 0.25) is 0 Å². The normalized spacial score (nSPS) is 12.9. The van der Waals surface area contributed by atoms with E-state index in [-0.39, 0.29) is 11.9 Å². The number of imidazole rings is 1. The minimum absolute atomic E-state index is 0.0202.